The summed E-state index contributed by atoms with van der Waals surface area (Å²) in [4.78, 5) is 7.60. The van der Waals surface area contributed by atoms with Crippen LogP contribution in [0, 0.1) is 0 Å². The summed E-state index contributed by atoms with van der Waals surface area (Å²) in [5.41, 5.74) is 2.50. The van der Waals surface area contributed by atoms with E-state index in [1.165, 1.54) is 11.8 Å². The van der Waals surface area contributed by atoms with Crippen LogP contribution in [0.2, 0.25) is 5.15 Å². The van der Waals surface area contributed by atoms with Crippen LogP contribution >= 0.6 is 11.6 Å². The van der Waals surface area contributed by atoms with Crippen LogP contribution in [-0.4, -0.2) is 33.1 Å². The lowest BCUT2D eigenvalue weighted by Gasteiger charge is -2.08. The maximum atomic E-state index is 11.0. The van der Waals surface area contributed by atoms with E-state index in [-0.39, 0.29) is 22.5 Å². The van der Waals surface area contributed by atoms with Gasteiger partial charge < -0.3 is 4.18 Å². The summed E-state index contributed by atoms with van der Waals surface area (Å²) in [7, 11) is -4.74. The smallest absolute Gasteiger partial charge is 0.340 e. The molecule has 8 nitrogen and oxygen atoms in total. The molecule has 0 bridgehead atoms. The molecule has 0 spiro atoms. The third kappa shape index (κ3) is 3.90. The van der Waals surface area contributed by atoms with Gasteiger partial charge in [0.1, 0.15) is 12.0 Å². The molecule has 2 aromatic heterocycles. The highest BCUT2D eigenvalue weighted by Gasteiger charge is 2.41. The molecule has 0 radical (unpaired) electrons. The maximum Gasteiger partial charge on any atom is 0.448 e. The van der Waals surface area contributed by atoms with Crippen molar-refractivity contribution in [3.05, 3.63) is 65.2 Å². The summed E-state index contributed by atoms with van der Waals surface area (Å²) in [6, 6.07) is 11.8. The molecule has 4 rings (SSSR count). The number of nitrogens with zero attached hydrogens (tertiary/aromatic N) is 4. The number of benzene rings is 1. The molecule has 0 amide bonds. The van der Waals surface area contributed by atoms with Crippen LogP contribution in [0.15, 0.2) is 48.9 Å². The highest BCUT2D eigenvalue weighted by atomic mass is 35.5. The molecular weight excluding hydrogens is 392 g/mol. The van der Waals surface area contributed by atoms with Crippen LogP contribution < -0.4 is 4.18 Å². The zero-order valence-corrected chi connectivity index (χ0v) is 15.3. The Balaban J connectivity index is 1.69. The molecule has 0 aliphatic heterocycles. The summed E-state index contributed by atoms with van der Waals surface area (Å²) in [6.45, 7) is 0. The monoisotopic (exact) mass is 404 g/mol. The Hall–Kier alpha value is -2.62. The summed E-state index contributed by atoms with van der Waals surface area (Å²) < 4.78 is 35.5. The highest BCUT2D eigenvalue weighted by molar-refractivity contribution is 7.81. The van der Waals surface area contributed by atoms with Gasteiger partial charge in [-0.15, -0.1) is 10.2 Å². The van der Waals surface area contributed by atoms with E-state index in [2.05, 4.69) is 36.5 Å². The Labute approximate surface area is 160 Å². The quantitative estimate of drug-likeness (QED) is 0.645. The lowest BCUT2D eigenvalue weighted by atomic mass is 10.0. The molecule has 1 aromatic carbocycles. The summed E-state index contributed by atoms with van der Waals surface area (Å²) in [5.74, 6) is 0.177. The van der Waals surface area contributed by atoms with Gasteiger partial charge in [-0.1, -0.05) is 41.9 Å². The minimum atomic E-state index is -4.74. The molecule has 10 heteroatoms. The second-order valence-electron chi connectivity index (χ2n) is 6.09. The van der Waals surface area contributed by atoms with E-state index in [0.717, 1.165) is 18.3 Å². The van der Waals surface area contributed by atoms with Crippen molar-refractivity contribution in [3.63, 3.8) is 0 Å². The number of hydrogen-bond donors (Lipinski definition) is 1. The molecule has 2 heterocycles. The normalized spacial score (nSPS) is 18.9. The Bertz CT molecular complexity index is 1100. The molecule has 1 aliphatic rings. The van der Waals surface area contributed by atoms with Gasteiger partial charge in [0.25, 0.3) is 0 Å². The van der Waals surface area contributed by atoms with E-state index in [4.69, 9.17) is 16.2 Å². The van der Waals surface area contributed by atoms with Gasteiger partial charge in [-0.25, -0.2) is 9.97 Å². The van der Waals surface area contributed by atoms with Gasteiger partial charge in [0, 0.05) is 6.20 Å². The predicted octanol–water partition coefficient (Wildman–Crippen LogP) is 3.04. The van der Waals surface area contributed by atoms with E-state index in [0.29, 0.717) is 11.6 Å². The third-order valence-electron chi connectivity index (χ3n) is 4.33. The molecule has 138 valence electrons. The Morgan fingerprint density at radius 1 is 1.15 bits per heavy atom. The van der Waals surface area contributed by atoms with Crippen molar-refractivity contribution >= 4 is 22.0 Å². The van der Waals surface area contributed by atoms with Crippen molar-refractivity contribution in [2.24, 2.45) is 0 Å². The molecule has 2 atom stereocenters. The summed E-state index contributed by atoms with van der Waals surface area (Å²) in [6.07, 6.45) is 3.35. The second kappa shape index (κ2) is 6.84. The third-order valence-corrected chi connectivity index (χ3v) is 4.99. The van der Waals surface area contributed by atoms with Crippen molar-refractivity contribution in [1.29, 1.82) is 0 Å². The molecule has 1 aliphatic carbocycles. The number of rotatable bonds is 5. The van der Waals surface area contributed by atoms with Crippen LogP contribution in [0.1, 0.15) is 29.4 Å². The van der Waals surface area contributed by atoms with Gasteiger partial charge in [-0.3, -0.25) is 4.55 Å². The fraction of sp³-hybridized carbons (Fsp3) is 0.176. The van der Waals surface area contributed by atoms with E-state index < -0.39 is 10.4 Å². The van der Waals surface area contributed by atoms with Crippen LogP contribution in [0.5, 0.6) is 5.88 Å². The first-order valence-corrected chi connectivity index (χ1v) is 9.72. The average Bonchev–Trinajstić information content (AvgIpc) is 3.43. The Morgan fingerprint density at radius 3 is 2.67 bits per heavy atom. The van der Waals surface area contributed by atoms with Crippen LogP contribution in [0.3, 0.4) is 0 Å². The minimum absolute atomic E-state index is 0.178. The maximum absolute atomic E-state index is 11.0. The second-order valence-corrected chi connectivity index (χ2v) is 7.47. The topological polar surface area (TPSA) is 115 Å². The predicted molar refractivity (Wildman–Crippen MR) is 96.8 cm³/mol. The molecule has 27 heavy (non-hydrogen) atoms. The largest absolute Gasteiger partial charge is 0.448 e. The van der Waals surface area contributed by atoms with E-state index >= 15 is 0 Å². The summed E-state index contributed by atoms with van der Waals surface area (Å²) in [5, 5.41) is 8.25. The highest BCUT2D eigenvalue weighted by Crippen LogP contribution is 2.56. The van der Waals surface area contributed by atoms with Crippen molar-refractivity contribution in [1.82, 2.24) is 20.2 Å². The molecule has 3 aromatic rings. The first-order valence-electron chi connectivity index (χ1n) is 7.97. The molecule has 1 fully saturated rings. The zero-order chi connectivity index (χ0) is 19.0. The van der Waals surface area contributed by atoms with Crippen LogP contribution in [-0.2, 0) is 10.4 Å². The van der Waals surface area contributed by atoms with E-state index in [9.17, 15) is 8.42 Å². The molecule has 0 saturated heterocycles. The standard InChI is InChI=1S/C17H13ClN4O4S/c18-16-13(12-6-11(12)10-4-2-1-3-5-10)7-15(21-22-16)14-8-19-9-20-17(14)26-27(23,24)25/h1-5,7-9,11-12H,6H2,(H,23,24,25)/t11-,12+/m1/s1. The minimum Gasteiger partial charge on any atom is -0.340 e. The van der Waals surface area contributed by atoms with Gasteiger partial charge in [-0.05, 0) is 35.4 Å². The SMILES string of the molecule is O=S(=O)(O)Oc1ncncc1-c1cc([C@H]2C[C@@H]2c2ccccc2)c(Cl)nn1. The average molecular weight is 405 g/mol. The number of hydrogen-bond acceptors (Lipinski definition) is 7. The number of aromatic nitrogens is 4. The summed E-state index contributed by atoms with van der Waals surface area (Å²) >= 11 is 6.25. The van der Waals surface area contributed by atoms with Crippen LogP contribution in [0.4, 0.5) is 0 Å². The molecule has 1 saturated carbocycles. The molecule has 1 N–H and O–H groups in total. The van der Waals surface area contributed by atoms with Crippen molar-refractivity contribution < 1.29 is 17.2 Å². The van der Waals surface area contributed by atoms with Gasteiger partial charge in [0.15, 0.2) is 5.15 Å². The van der Waals surface area contributed by atoms with E-state index in [1.807, 2.05) is 18.2 Å². The molecular formula is C17H13ClN4O4S. The first-order chi connectivity index (χ1) is 12.9. The van der Waals surface area contributed by atoms with Crippen molar-refractivity contribution in [2.75, 3.05) is 0 Å². The fourth-order valence-corrected chi connectivity index (χ4v) is 3.62. The number of halogens is 1. The van der Waals surface area contributed by atoms with Crippen molar-refractivity contribution in [2.45, 2.75) is 18.3 Å². The van der Waals surface area contributed by atoms with Gasteiger partial charge >= 0.3 is 10.4 Å². The van der Waals surface area contributed by atoms with E-state index in [1.54, 1.807) is 6.07 Å². The fourth-order valence-electron chi connectivity index (χ4n) is 3.05. The van der Waals surface area contributed by atoms with Gasteiger partial charge in [0.05, 0.1) is 5.56 Å². The van der Waals surface area contributed by atoms with Crippen LogP contribution in [0.25, 0.3) is 11.3 Å². The Kier molecular flexibility index (Phi) is 4.50. The lowest BCUT2D eigenvalue weighted by Crippen LogP contribution is -2.09. The Morgan fingerprint density at radius 2 is 1.93 bits per heavy atom. The zero-order valence-electron chi connectivity index (χ0n) is 13.7. The van der Waals surface area contributed by atoms with Gasteiger partial charge in [-0.2, -0.15) is 8.42 Å². The first kappa shape index (κ1) is 17.8. The lowest BCUT2D eigenvalue weighted by molar-refractivity contribution is 0.381. The van der Waals surface area contributed by atoms with Crippen molar-refractivity contribution in [3.8, 4) is 17.1 Å². The molecule has 0 unspecified atom stereocenters. The van der Waals surface area contributed by atoms with Gasteiger partial charge in [0.2, 0.25) is 5.88 Å².